The number of carbonyl (C=O) groups is 2. The molecule has 3 heterocycles. The molecular weight excluding hydrogens is 426 g/mol. The second-order valence-electron chi connectivity index (χ2n) is 7.57. The molecule has 2 amide bonds. The van der Waals surface area contributed by atoms with Crippen molar-refractivity contribution in [1.82, 2.24) is 14.8 Å². The molecule has 4 rings (SSSR count). The van der Waals surface area contributed by atoms with Crippen molar-refractivity contribution in [3.05, 3.63) is 21.8 Å². The molecule has 2 unspecified atom stereocenters. The Labute approximate surface area is 182 Å². The number of aromatic nitrogens is 3. The van der Waals surface area contributed by atoms with Gasteiger partial charge < -0.3 is 15.6 Å². The number of nitrogens with one attached hydrogen (secondary N) is 1. The van der Waals surface area contributed by atoms with Gasteiger partial charge in [-0.2, -0.15) is 11.8 Å². The zero-order chi connectivity index (χ0) is 20.5. The molecule has 1 aliphatic heterocycles. The number of primary amides is 1. The summed E-state index contributed by atoms with van der Waals surface area (Å²) >= 11 is 4.85. The molecule has 156 valence electrons. The second-order valence-corrected chi connectivity index (χ2v) is 11.1. The number of amides is 2. The fraction of sp³-hybridized carbons (Fsp3) is 0.579. The molecule has 3 N–H and O–H groups in total. The Balaban J connectivity index is 1.42. The average Bonchev–Trinajstić information content (AvgIpc) is 3.43. The van der Waals surface area contributed by atoms with Crippen molar-refractivity contribution in [3.63, 3.8) is 0 Å². The van der Waals surface area contributed by atoms with Gasteiger partial charge in [0.2, 0.25) is 5.91 Å². The zero-order valence-corrected chi connectivity index (χ0v) is 19.0. The third-order valence-electron chi connectivity index (χ3n) is 5.48. The Kier molecular flexibility index (Phi) is 6.21. The van der Waals surface area contributed by atoms with Crippen LogP contribution in [-0.2, 0) is 31.1 Å². The third-order valence-corrected chi connectivity index (χ3v) is 9.05. The zero-order valence-electron chi connectivity index (χ0n) is 16.6. The van der Waals surface area contributed by atoms with Crippen molar-refractivity contribution < 1.29 is 9.59 Å². The fourth-order valence-electron chi connectivity index (χ4n) is 3.81. The van der Waals surface area contributed by atoms with Gasteiger partial charge in [0.15, 0.2) is 5.16 Å². The number of anilines is 1. The molecule has 29 heavy (non-hydrogen) atoms. The van der Waals surface area contributed by atoms with Crippen LogP contribution >= 0.6 is 34.9 Å². The topological polar surface area (TPSA) is 103 Å². The summed E-state index contributed by atoms with van der Waals surface area (Å²) in [6, 6.07) is 0. The minimum atomic E-state index is -0.469. The number of nitrogens with zero attached hydrogens (tertiary/aromatic N) is 3. The van der Waals surface area contributed by atoms with Gasteiger partial charge in [-0.1, -0.05) is 11.8 Å². The van der Waals surface area contributed by atoms with Gasteiger partial charge in [-0.15, -0.1) is 21.5 Å². The van der Waals surface area contributed by atoms with E-state index in [-0.39, 0.29) is 11.2 Å². The largest absolute Gasteiger partial charge is 0.365 e. The van der Waals surface area contributed by atoms with Crippen molar-refractivity contribution in [2.24, 2.45) is 18.7 Å². The molecule has 2 aliphatic rings. The molecule has 2 aromatic heterocycles. The first-order chi connectivity index (χ1) is 13.9. The molecule has 1 saturated heterocycles. The minimum absolute atomic E-state index is 0.158. The highest BCUT2D eigenvalue weighted by Gasteiger charge is 2.28. The summed E-state index contributed by atoms with van der Waals surface area (Å²) in [5, 5.41) is 12.5. The Morgan fingerprint density at radius 3 is 2.93 bits per heavy atom. The average molecular weight is 452 g/mol. The summed E-state index contributed by atoms with van der Waals surface area (Å²) in [5.74, 6) is 3.41. The number of aryl methyl sites for hydroxylation is 1. The first kappa shape index (κ1) is 20.7. The maximum absolute atomic E-state index is 12.8. The Morgan fingerprint density at radius 2 is 2.21 bits per heavy atom. The van der Waals surface area contributed by atoms with E-state index in [2.05, 4.69) is 15.5 Å². The number of hydrogen-bond acceptors (Lipinski definition) is 7. The van der Waals surface area contributed by atoms with Gasteiger partial charge in [-0.3, -0.25) is 9.59 Å². The van der Waals surface area contributed by atoms with Crippen LogP contribution in [-0.4, -0.2) is 43.3 Å². The molecule has 0 bridgehead atoms. The predicted molar refractivity (Wildman–Crippen MR) is 119 cm³/mol. The van der Waals surface area contributed by atoms with E-state index in [1.807, 2.05) is 30.3 Å². The molecule has 0 radical (unpaired) electrons. The molecule has 0 aromatic carbocycles. The molecule has 7 nitrogen and oxygen atoms in total. The molecule has 0 saturated carbocycles. The monoisotopic (exact) mass is 451 g/mol. The highest BCUT2D eigenvalue weighted by molar-refractivity contribution is 8.00. The maximum Gasteiger partial charge on any atom is 0.251 e. The van der Waals surface area contributed by atoms with Crippen molar-refractivity contribution in [2.45, 2.75) is 49.4 Å². The van der Waals surface area contributed by atoms with Crippen molar-refractivity contribution in [1.29, 1.82) is 0 Å². The number of thioether (sulfide) groups is 2. The summed E-state index contributed by atoms with van der Waals surface area (Å²) in [6.45, 7) is 1.84. The van der Waals surface area contributed by atoms with Crippen LogP contribution in [0, 0.1) is 5.92 Å². The van der Waals surface area contributed by atoms with Crippen LogP contribution in [0.4, 0.5) is 5.00 Å². The molecule has 2 aromatic rings. The molecule has 2 atom stereocenters. The normalized spacial score (nSPS) is 19.3. The first-order valence-corrected chi connectivity index (χ1v) is 12.7. The molecule has 1 aliphatic carbocycles. The summed E-state index contributed by atoms with van der Waals surface area (Å²) < 4.78 is 1.99. The van der Waals surface area contributed by atoms with Crippen LogP contribution in [0.3, 0.4) is 0 Å². The summed E-state index contributed by atoms with van der Waals surface area (Å²) in [5.41, 5.74) is 7.09. The van der Waals surface area contributed by atoms with E-state index < -0.39 is 5.91 Å². The smallest absolute Gasteiger partial charge is 0.251 e. The SMILES string of the molecule is CC(Sc1nnc(CC2CCSC2)n1C)C(=O)Nc1sc2c(c1C(N)=O)CCC2. The standard InChI is InChI=1S/C19H25N5O2S3/c1-10(28-19-23-22-14(24(19)2)8-11-6-7-27-9-11)17(26)21-18-15(16(20)25)12-4-3-5-13(12)29-18/h10-11H,3-9H2,1-2H3,(H2,20,25)(H,21,26). The van der Waals surface area contributed by atoms with Crippen molar-refractivity contribution in [3.8, 4) is 0 Å². The van der Waals surface area contributed by atoms with Gasteiger partial charge in [0.25, 0.3) is 5.91 Å². The lowest BCUT2D eigenvalue weighted by Gasteiger charge is -2.12. The van der Waals surface area contributed by atoms with Crippen molar-refractivity contribution in [2.75, 3.05) is 16.8 Å². The fourth-order valence-corrected chi connectivity index (χ4v) is 7.22. The summed E-state index contributed by atoms with van der Waals surface area (Å²) in [6.07, 6.45) is 5.00. The summed E-state index contributed by atoms with van der Waals surface area (Å²) in [7, 11) is 1.96. The van der Waals surface area contributed by atoms with Gasteiger partial charge in [0.1, 0.15) is 10.8 Å². The van der Waals surface area contributed by atoms with Gasteiger partial charge in [0.05, 0.1) is 10.8 Å². The third kappa shape index (κ3) is 4.34. The predicted octanol–water partition coefficient (Wildman–Crippen LogP) is 2.88. The number of fused-ring (bicyclic) bond motifs is 1. The van der Waals surface area contributed by atoms with E-state index >= 15 is 0 Å². The molecular formula is C19H25N5O2S3. The van der Waals surface area contributed by atoms with Crippen LogP contribution in [0.5, 0.6) is 0 Å². The number of nitrogens with two attached hydrogens (primary N) is 1. The van der Waals surface area contributed by atoms with E-state index in [4.69, 9.17) is 5.73 Å². The van der Waals surface area contributed by atoms with Gasteiger partial charge >= 0.3 is 0 Å². The number of hydrogen-bond donors (Lipinski definition) is 2. The minimum Gasteiger partial charge on any atom is -0.365 e. The summed E-state index contributed by atoms with van der Waals surface area (Å²) in [4.78, 5) is 25.9. The van der Waals surface area contributed by atoms with Crippen molar-refractivity contribution >= 4 is 51.7 Å². The lowest BCUT2D eigenvalue weighted by molar-refractivity contribution is -0.115. The number of carbonyl (C=O) groups excluding carboxylic acids is 2. The van der Waals surface area contributed by atoms with Gasteiger partial charge in [-0.05, 0) is 55.6 Å². The van der Waals surface area contributed by atoms with Crippen LogP contribution in [0.1, 0.15) is 46.4 Å². The van der Waals surface area contributed by atoms with Crippen LogP contribution in [0.2, 0.25) is 0 Å². The molecule has 1 fully saturated rings. The first-order valence-electron chi connectivity index (χ1n) is 9.82. The van der Waals surface area contributed by atoms with Gasteiger partial charge in [-0.25, -0.2) is 0 Å². The Hall–Kier alpha value is -1.52. The van der Waals surface area contributed by atoms with E-state index in [1.54, 1.807) is 0 Å². The van der Waals surface area contributed by atoms with Crippen LogP contribution in [0.15, 0.2) is 5.16 Å². The van der Waals surface area contributed by atoms with Crippen LogP contribution in [0.25, 0.3) is 0 Å². The maximum atomic E-state index is 12.8. The van der Waals surface area contributed by atoms with E-state index in [0.29, 0.717) is 16.5 Å². The Bertz CT molecular complexity index is 933. The second kappa shape index (κ2) is 8.69. The quantitative estimate of drug-likeness (QED) is 0.628. The lowest BCUT2D eigenvalue weighted by Crippen LogP contribution is -2.24. The number of thiophene rings is 1. The van der Waals surface area contributed by atoms with E-state index in [9.17, 15) is 9.59 Å². The number of rotatable bonds is 7. The van der Waals surface area contributed by atoms with E-state index in [1.165, 1.54) is 41.0 Å². The lowest BCUT2D eigenvalue weighted by atomic mass is 10.1. The highest BCUT2D eigenvalue weighted by atomic mass is 32.2. The molecule has 0 spiro atoms. The van der Waals surface area contributed by atoms with Crippen LogP contribution < -0.4 is 11.1 Å². The molecule has 10 heteroatoms. The van der Waals surface area contributed by atoms with Gasteiger partial charge in [0, 0.05) is 18.3 Å². The van der Waals surface area contributed by atoms with E-state index in [0.717, 1.165) is 47.1 Å². The Morgan fingerprint density at radius 1 is 1.38 bits per heavy atom. The highest BCUT2D eigenvalue weighted by Crippen LogP contribution is 2.39.